The normalized spacial score (nSPS) is 14.8. The van der Waals surface area contributed by atoms with Gasteiger partial charge in [0.2, 0.25) is 15.9 Å². The lowest BCUT2D eigenvalue weighted by molar-refractivity contribution is -0.115. The minimum Gasteiger partial charge on any atom is -0.379 e. The zero-order valence-corrected chi connectivity index (χ0v) is 18.7. The summed E-state index contributed by atoms with van der Waals surface area (Å²) < 4.78 is 32.5. The number of anilines is 1. The van der Waals surface area contributed by atoms with E-state index in [0.717, 1.165) is 16.7 Å². The molecule has 0 saturated carbocycles. The van der Waals surface area contributed by atoms with Crippen molar-refractivity contribution in [3.63, 3.8) is 0 Å². The minimum atomic E-state index is -3.85. The van der Waals surface area contributed by atoms with E-state index in [-0.39, 0.29) is 30.1 Å². The summed E-state index contributed by atoms with van der Waals surface area (Å²) in [5.74, 6) is -1.02. The molecule has 0 aliphatic carbocycles. The summed E-state index contributed by atoms with van der Waals surface area (Å²) in [6, 6.07) is 9.93. The first-order chi connectivity index (χ1) is 14.7. The molecule has 1 saturated heterocycles. The van der Waals surface area contributed by atoms with E-state index >= 15 is 0 Å². The highest BCUT2D eigenvalue weighted by molar-refractivity contribution is 7.89. The average Bonchev–Trinajstić information content (AvgIpc) is 2.75. The third-order valence-electron chi connectivity index (χ3n) is 5.07. The molecule has 1 aliphatic rings. The van der Waals surface area contributed by atoms with Crippen LogP contribution in [0.15, 0.2) is 41.3 Å². The van der Waals surface area contributed by atoms with E-state index in [0.29, 0.717) is 18.9 Å². The van der Waals surface area contributed by atoms with Gasteiger partial charge in [0.05, 0.1) is 30.2 Å². The first kappa shape index (κ1) is 22.9. The molecule has 0 atom stereocenters. The molecule has 1 aliphatic heterocycles. The van der Waals surface area contributed by atoms with Gasteiger partial charge in [-0.15, -0.1) is 0 Å². The van der Waals surface area contributed by atoms with Crippen LogP contribution in [0.25, 0.3) is 0 Å². The van der Waals surface area contributed by atoms with Gasteiger partial charge in [-0.1, -0.05) is 29.8 Å². The quantitative estimate of drug-likeness (QED) is 0.708. The van der Waals surface area contributed by atoms with Crippen molar-refractivity contribution in [1.29, 1.82) is 0 Å². The lowest BCUT2D eigenvalue weighted by Gasteiger charge is -2.26. The number of hydrogen-bond acceptors (Lipinski definition) is 5. The zero-order valence-electron chi connectivity index (χ0n) is 17.9. The monoisotopic (exact) mass is 445 g/mol. The van der Waals surface area contributed by atoms with E-state index in [4.69, 9.17) is 4.74 Å². The van der Waals surface area contributed by atoms with Gasteiger partial charge in [-0.05, 0) is 44.0 Å². The molecule has 1 fully saturated rings. The Morgan fingerprint density at radius 2 is 1.65 bits per heavy atom. The third-order valence-corrected chi connectivity index (χ3v) is 7.03. The highest BCUT2D eigenvalue weighted by atomic mass is 32.2. The van der Waals surface area contributed by atoms with Crippen LogP contribution in [0.4, 0.5) is 5.69 Å². The van der Waals surface area contributed by atoms with E-state index in [1.807, 2.05) is 32.9 Å². The van der Waals surface area contributed by atoms with Gasteiger partial charge in [-0.3, -0.25) is 9.59 Å². The van der Waals surface area contributed by atoms with Gasteiger partial charge in [0.25, 0.3) is 5.91 Å². The summed E-state index contributed by atoms with van der Waals surface area (Å²) in [5, 5.41) is 5.34. The molecule has 0 bridgehead atoms. The first-order valence-corrected chi connectivity index (χ1v) is 11.5. The molecular weight excluding hydrogens is 418 g/mol. The van der Waals surface area contributed by atoms with Crippen LogP contribution in [0.1, 0.15) is 27.0 Å². The number of amides is 2. The molecular formula is C22H27N3O5S. The molecule has 2 N–H and O–H groups in total. The maximum atomic E-state index is 13.0. The molecule has 0 unspecified atom stereocenters. The lowest BCUT2D eigenvalue weighted by Crippen LogP contribution is -2.41. The second-order valence-electron chi connectivity index (χ2n) is 7.52. The summed E-state index contributed by atoms with van der Waals surface area (Å²) in [6.07, 6.45) is 0. The maximum absolute atomic E-state index is 13.0. The Kier molecular flexibility index (Phi) is 7.09. The molecule has 2 aromatic rings. The van der Waals surface area contributed by atoms with Crippen molar-refractivity contribution >= 4 is 27.5 Å². The van der Waals surface area contributed by atoms with Crippen molar-refractivity contribution in [2.45, 2.75) is 25.7 Å². The smallest absolute Gasteiger partial charge is 0.253 e. The number of morpholine rings is 1. The number of hydrogen-bond donors (Lipinski definition) is 2. The molecule has 0 spiro atoms. The summed E-state index contributed by atoms with van der Waals surface area (Å²) in [6.45, 7) is 6.59. The predicted molar refractivity (Wildman–Crippen MR) is 118 cm³/mol. The predicted octanol–water partition coefficient (Wildman–Crippen LogP) is 2.00. The Morgan fingerprint density at radius 3 is 2.29 bits per heavy atom. The summed E-state index contributed by atoms with van der Waals surface area (Å²) in [5.41, 5.74) is 3.67. The van der Waals surface area contributed by atoms with Crippen LogP contribution in [0.3, 0.4) is 0 Å². The van der Waals surface area contributed by atoms with Crippen LogP contribution in [0.5, 0.6) is 0 Å². The number of carbonyl (C=O) groups excluding carboxylic acids is 2. The van der Waals surface area contributed by atoms with E-state index < -0.39 is 21.8 Å². The number of sulfonamides is 1. The Balaban J connectivity index is 1.71. The van der Waals surface area contributed by atoms with Crippen LogP contribution in [0.2, 0.25) is 0 Å². The number of nitrogens with zero attached hydrogens (tertiary/aromatic N) is 1. The fourth-order valence-corrected chi connectivity index (χ4v) is 5.22. The van der Waals surface area contributed by atoms with Gasteiger partial charge in [0.1, 0.15) is 0 Å². The average molecular weight is 446 g/mol. The fourth-order valence-electron chi connectivity index (χ4n) is 3.62. The largest absolute Gasteiger partial charge is 0.379 e. The van der Waals surface area contributed by atoms with Gasteiger partial charge in [-0.2, -0.15) is 4.31 Å². The molecule has 0 radical (unpaired) electrons. The van der Waals surface area contributed by atoms with Crippen molar-refractivity contribution in [2.75, 3.05) is 38.2 Å². The molecule has 2 aromatic carbocycles. The second kappa shape index (κ2) is 9.59. The first-order valence-electron chi connectivity index (χ1n) is 10.0. The summed E-state index contributed by atoms with van der Waals surface area (Å²) >= 11 is 0. The third kappa shape index (κ3) is 5.30. The molecule has 0 aromatic heterocycles. The SMILES string of the molecule is Cc1cc(C)c(NC(=O)CNC(=O)c2ccccc2S(=O)(=O)N2CCOCC2)c(C)c1. The number of ether oxygens (including phenoxy) is 1. The Hall–Kier alpha value is -2.75. The zero-order chi connectivity index (χ0) is 22.6. The molecule has 2 amide bonds. The molecule has 3 rings (SSSR count). The number of carbonyl (C=O) groups is 2. The summed E-state index contributed by atoms with van der Waals surface area (Å²) in [4.78, 5) is 25.0. The van der Waals surface area contributed by atoms with E-state index in [2.05, 4.69) is 10.6 Å². The van der Waals surface area contributed by atoms with Crippen LogP contribution < -0.4 is 10.6 Å². The molecule has 1 heterocycles. The number of rotatable bonds is 6. The van der Waals surface area contributed by atoms with Gasteiger partial charge >= 0.3 is 0 Å². The van der Waals surface area contributed by atoms with E-state index in [9.17, 15) is 18.0 Å². The number of aryl methyl sites for hydroxylation is 3. The molecule has 9 heteroatoms. The lowest BCUT2D eigenvalue weighted by atomic mass is 10.1. The summed E-state index contributed by atoms with van der Waals surface area (Å²) in [7, 11) is -3.85. The van der Waals surface area contributed by atoms with E-state index in [1.54, 1.807) is 12.1 Å². The van der Waals surface area contributed by atoms with Gasteiger partial charge in [0, 0.05) is 18.8 Å². The van der Waals surface area contributed by atoms with Gasteiger partial charge in [-0.25, -0.2) is 8.42 Å². The minimum absolute atomic E-state index is 0.00416. The van der Waals surface area contributed by atoms with Crippen molar-refractivity contribution in [3.05, 3.63) is 58.7 Å². The fraction of sp³-hybridized carbons (Fsp3) is 0.364. The maximum Gasteiger partial charge on any atom is 0.253 e. The van der Waals surface area contributed by atoms with Crippen molar-refractivity contribution in [1.82, 2.24) is 9.62 Å². The van der Waals surface area contributed by atoms with Crippen molar-refractivity contribution < 1.29 is 22.7 Å². The van der Waals surface area contributed by atoms with Gasteiger partial charge < -0.3 is 15.4 Å². The van der Waals surface area contributed by atoms with Crippen LogP contribution >= 0.6 is 0 Å². The standard InChI is InChI=1S/C22H27N3O5S/c1-15-12-16(2)21(17(3)13-15)24-20(26)14-23-22(27)18-6-4-5-7-19(18)31(28,29)25-8-10-30-11-9-25/h4-7,12-13H,8-11,14H2,1-3H3,(H,23,27)(H,24,26). The number of benzene rings is 2. The second-order valence-corrected chi connectivity index (χ2v) is 9.42. The topological polar surface area (TPSA) is 105 Å². The van der Waals surface area contributed by atoms with Crippen LogP contribution in [0, 0.1) is 20.8 Å². The number of nitrogens with one attached hydrogen (secondary N) is 2. The molecule has 8 nitrogen and oxygen atoms in total. The van der Waals surface area contributed by atoms with Crippen molar-refractivity contribution in [2.24, 2.45) is 0 Å². The Bertz CT molecular complexity index is 1070. The van der Waals surface area contributed by atoms with Crippen LogP contribution in [-0.4, -0.2) is 57.4 Å². The Morgan fingerprint density at radius 1 is 1.03 bits per heavy atom. The highest BCUT2D eigenvalue weighted by Crippen LogP contribution is 2.22. The molecule has 166 valence electrons. The molecule has 31 heavy (non-hydrogen) atoms. The van der Waals surface area contributed by atoms with Crippen LogP contribution in [-0.2, 0) is 19.6 Å². The Labute approximate surface area is 182 Å². The van der Waals surface area contributed by atoms with Crippen molar-refractivity contribution in [3.8, 4) is 0 Å². The van der Waals surface area contributed by atoms with E-state index in [1.165, 1.54) is 16.4 Å². The highest BCUT2D eigenvalue weighted by Gasteiger charge is 2.30. The van der Waals surface area contributed by atoms with Gasteiger partial charge in [0.15, 0.2) is 0 Å².